The molecule has 6 rings (SSSR count). The number of carbonyl (C=O) groups is 2. The molecule has 37 heavy (non-hydrogen) atoms. The molecule has 10 heteroatoms. The van der Waals surface area contributed by atoms with Crippen molar-refractivity contribution >= 4 is 52.2 Å². The number of thioether (sulfide) groups is 1. The molecule has 3 heterocycles. The van der Waals surface area contributed by atoms with Gasteiger partial charge < -0.3 is 9.72 Å². The smallest absolute Gasteiger partial charge is 0.305 e. The van der Waals surface area contributed by atoms with Crippen molar-refractivity contribution in [2.24, 2.45) is 5.92 Å². The second-order valence-electron chi connectivity index (χ2n) is 8.72. The number of fused-ring (bicyclic) bond motifs is 2. The number of carbonyl (C=O) groups excluding carboxylic acids is 2. The van der Waals surface area contributed by atoms with Crippen LogP contribution in [0, 0.1) is 11.7 Å². The second kappa shape index (κ2) is 9.48. The molecule has 4 aromatic rings. The molecule has 1 N–H and O–H groups in total. The van der Waals surface area contributed by atoms with Crippen LogP contribution in [0.4, 0.5) is 10.1 Å². The quantitative estimate of drug-likeness (QED) is 0.326. The van der Waals surface area contributed by atoms with Gasteiger partial charge in [0.1, 0.15) is 23.4 Å². The van der Waals surface area contributed by atoms with E-state index in [-0.39, 0.29) is 16.7 Å². The van der Waals surface area contributed by atoms with Gasteiger partial charge in [0.15, 0.2) is 0 Å². The van der Waals surface area contributed by atoms with Crippen LogP contribution in [0.15, 0.2) is 82.6 Å². The zero-order valence-electron chi connectivity index (χ0n) is 19.0. The molecule has 3 aromatic carbocycles. The van der Waals surface area contributed by atoms with Crippen LogP contribution < -0.4 is 14.5 Å². The lowest BCUT2D eigenvalue weighted by molar-refractivity contribution is -0.122. The Morgan fingerprint density at radius 2 is 1.62 bits per heavy atom. The number of rotatable bonds is 5. The summed E-state index contributed by atoms with van der Waals surface area (Å²) in [4.78, 5) is 43.7. The third-order valence-electron chi connectivity index (χ3n) is 6.47. The topological polar surface area (TPSA) is 79.5 Å². The fraction of sp³-hybridized carbons (Fsp3) is 0.148. The molecule has 0 spiro atoms. The molecule has 2 aliphatic rings. The Morgan fingerprint density at radius 3 is 2.32 bits per heavy atom. The molecule has 3 unspecified atom stereocenters. The maximum atomic E-state index is 13.7. The standard InChI is InChI=1S/C27H18ClFN2O4S2/c28-16-5-1-14(2-6-16)13-35-19-11-3-15(4-12-19)20-21-23(36-24-22(20)37-27(34)30-24)26(33)31(25(21)32)18-9-7-17(29)8-10-18/h1-12,20-21,23H,13H2,(H,30,34). The lowest BCUT2D eigenvalue weighted by Gasteiger charge is -2.29. The van der Waals surface area contributed by atoms with Crippen LogP contribution in [0.25, 0.3) is 0 Å². The number of aromatic amines is 1. The van der Waals surface area contributed by atoms with Crippen LogP contribution in [0.3, 0.4) is 0 Å². The van der Waals surface area contributed by atoms with Crippen LogP contribution in [-0.4, -0.2) is 22.0 Å². The van der Waals surface area contributed by atoms with Crippen molar-refractivity contribution in [1.82, 2.24) is 4.98 Å². The van der Waals surface area contributed by atoms with Gasteiger partial charge in [-0.2, -0.15) is 0 Å². The Labute approximate surface area is 224 Å². The molecule has 2 amide bonds. The number of nitrogens with one attached hydrogen (secondary N) is 1. The summed E-state index contributed by atoms with van der Waals surface area (Å²) in [5, 5.41) is 0.550. The Bertz CT molecular complexity index is 1550. The van der Waals surface area contributed by atoms with E-state index >= 15 is 0 Å². The maximum Gasteiger partial charge on any atom is 0.305 e. The summed E-state index contributed by atoms with van der Waals surface area (Å²) in [6.45, 7) is 0.366. The number of hydrogen-bond acceptors (Lipinski definition) is 6. The number of aromatic nitrogens is 1. The highest BCUT2D eigenvalue weighted by Gasteiger charge is 2.56. The van der Waals surface area contributed by atoms with Crippen LogP contribution in [0.5, 0.6) is 5.75 Å². The minimum Gasteiger partial charge on any atom is -0.489 e. The third-order valence-corrected chi connectivity index (χ3v) is 9.12. The van der Waals surface area contributed by atoms with Crippen molar-refractivity contribution in [1.29, 1.82) is 0 Å². The Balaban J connectivity index is 1.32. The fourth-order valence-electron chi connectivity index (χ4n) is 4.74. The minimum absolute atomic E-state index is 0.235. The van der Waals surface area contributed by atoms with E-state index in [1.807, 2.05) is 36.4 Å². The van der Waals surface area contributed by atoms with Gasteiger partial charge in [-0.25, -0.2) is 9.29 Å². The van der Waals surface area contributed by atoms with Gasteiger partial charge in [0.05, 0.1) is 16.6 Å². The second-order valence-corrected chi connectivity index (χ2v) is 11.3. The van der Waals surface area contributed by atoms with E-state index in [4.69, 9.17) is 16.3 Å². The van der Waals surface area contributed by atoms with E-state index in [1.54, 1.807) is 12.1 Å². The first-order valence-electron chi connectivity index (χ1n) is 11.4. The third kappa shape index (κ3) is 4.37. The normalized spacial score (nSPS) is 20.6. The minimum atomic E-state index is -0.707. The van der Waals surface area contributed by atoms with Gasteiger partial charge in [0, 0.05) is 15.8 Å². The maximum absolute atomic E-state index is 13.7. The van der Waals surface area contributed by atoms with Crippen LogP contribution in [0.2, 0.25) is 5.02 Å². The Hall–Kier alpha value is -3.40. The van der Waals surface area contributed by atoms with E-state index in [0.29, 0.717) is 28.1 Å². The molecule has 1 aromatic heterocycles. The zero-order chi connectivity index (χ0) is 25.7. The molecule has 0 saturated carbocycles. The molecular formula is C27H18ClFN2O4S2. The lowest BCUT2D eigenvalue weighted by Crippen LogP contribution is -2.32. The number of halogens is 2. The molecule has 1 fully saturated rings. The highest BCUT2D eigenvalue weighted by atomic mass is 35.5. The highest BCUT2D eigenvalue weighted by molar-refractivity contribution is 8.00. The van der Waals surface area contributed by atoms with Gasteiger partial charge in [-0.1, -0.05) is 59.0 Å². The van der Waals surface area contributed by atoms with Crippen molar-refractivity contribution in [3.63, 3.8) is 0 Å². The number of benzene rings is 3. The molecule has 0 aliphatic carbocycles. The first-order chi connectivity index (χ1) is 17.9. The summed E-state index contributed by atoms with van der Waals surface area (Å²) < 4.78 is 19.4. The summed E-state index contributed by atoms with van der Waals surface area (Å²) in [7, 11) is 0. The number of amides is 2. The first-order valence-corrected chi connectivity index (χ1v) is 13.5. The van der Waals surface area contributed by atoms with Crippen LogP contribution >= 0.6 is 34.7 Å². The number of ether oxygens (including phenoxy) is 1. The number of nitrogens with zero attached hydrogens (tertiary/aromatic N) is 1. The van der Waals surface area contributed by atoms with Gasteiger partial charge in [-0.15, -0.1) is 0 Å². The fourth-order valence-corrected chi connectivity index (χ4v) is 7.38. The number of thiazole rings is 1. The molecule has 3 atom stereocenters. The largest absolute Gasteiger partial charge is 0.489 e. The van der Waals surface area contributed by atoms with Gasteiger partial charge in [0.2, 0.25) is 11.8 Å². The number of H-pyrrole nitrogens is 1. The average Bonchev–Trinajstić information content (AvgIpc) is 3.39. The van der Waals surface area contributed by atoms with Crippen molar-refractivity contribution in [3.8, 4) is 5.75 Å². The lowest BCUT2D eigenvalue weighted by atomic mass is 9.83. The van der Waals surface area contributed by atoms with Crippen LogP contribution in [0.1, 0.15) is 21.9 Å². The zero-order valence-corrected chi connectivity index (χ0v) is 21.4. The highest BCUT2D eigenvalue weighted by Crippen LogP contribution is 2.53. The Morgan fingerprint density at radius 1 is 0.919 bits per heavy atom. The SMILES string of the molecule is O=C1C2Sc3[nH]c(=O)sc3C(c3ccc(OCc4ccc(Cl)cc4)cc3)C2C(=O)N1c1ccc(F)cc1. The molecule has 186 valence electrons. The molecule has 6 nitrogen and oxygen atoms in total. The van der Waals surface area contributed by atoms with Crippen LogP contribution in [-0.2, 0) is 16.2 Å². The summed E-state index contributed by atoms with van der Waals surface area (Å²) in [6.07, 6.45) is 0. The van der Waals surface area contributed by atoms with E-state index in [1.165, 1.54) is 36.0 Å². The summed E-state index contributed by atoms with van der Waals surface area (Å²) >= 11 is 8.20. The van der Waals surface area contributed by atoms with E-state index in [9.17, 15) is 18.8 Å². The molecule has 0 bridgehead atoms. The van der Waals surface area contributed by atoms with E-state index < -0.39 is 22.9 Å². The molecule has 1 saturated heterocycles. The van der Waals surface area contributed by atoms with Gasteiger partial charge in [-0.05, 0) is 59.7 Å². The van der Waals surface area contributed by atoms with Crippen molar-refractivity contribution in [3.05, 3.63) is 109 Å². The molecular weight excluding hydrogens is 535 g/mol. The summed E-state index contributed by atoms with van der Waals surface area (Å²) in [5.74, 6) is -1.75. The Kier molecular flexibility index (Phi) is 6.14. The van der Waals surface area contributed by atoms with E-state index in [2.05, 4.69) is 4.98 Å². The van der Waals surface area contributed by atoms with Crippen molar-refractivity contribution in [2.45, 2.75) is 22.8 Å². The number of imide groups is 1. The van der Waals surface area contributed by atoms with Gasteiger partial charge >= 0.3 is 4.87 Å². The predicted molar refractivity (Wildman–Crippen MR) is 141 cm³/mol. The number of anilines is 1. The van der Waals surface area contributed by atoms with Crippen molar-refractivity contribution < 1.29 is 18.7 Å². The number of hydrogen-bond donors (Lipinski definition) is 1. The molecule has 0 radical (unpaired) electrons. The van der Waals surface area contributed by atoms with Crippen molar-refractivity contribution in [2.75, 3.05) is 4.90 Å². The van der Waals surface area contributed by atoms with Gasteiger partial charge in [-0.3, -0.25) is 14.4 Å². The monoisotopic (exact) mass is 552 g/mol. The van der Waals surface area contributed by atoms with E-state index in [0.717, 1.165) is 32.2 Å². The first kappa shape index (κ1) is 24.0. The predicted octanol–water partition coefficient (Wildman–Crippen LogP) is 5.60. The summed E-state index contributed by atoms with van der Waals surface area (Å²) in [5.41, 5.74) is 2.10. The molecule has 2 aliphatic heterocycles. The average molecular weight is 553 g/mol. The van der Waals surface area contributed by atoms with Gasteiger partial charge in [0.25, 0.3) is 0 Å². The summed E-state index contributed by atoms with van der Waals surface area (Å²) in [6, 6.07) is 20.0.